The molecule has 1 fully saturated rings. The first kappa shape index (κ1) is 20.8. The van der Waals surface area contributed by atoms with E-state index < -0.39 is 0 Å². The first-order valence-electron chi connectivity index (χ1n) is 10.4. The largest absolute Gasteiger partial charge is 0.495 e. The van der Waals surface area contributed by atoms with Gasteiger partial charge in [-0.15, -0.1) is 0 Å². The lowest BCUT2D eigenvalue weighted by Crippen LogP contribution is -2.43. The molecule has 1 aliphatic rings. The second-order valence-electron chi connectivity index (χ2n) is 7.70. The molecule has 1 N–H and O–H groups in total. The minimum Gasteiger partial charge on any atom is -0.495 e. The van der Waals surface area contributed by atoms with Gasteiger partial charge >= 0.3 is 0 Å². The van der Waals surface area contributed by atoms with E-state index in [-0.39, 0.29) is 5.56 Å². The predicted octanol–water partition coefficient (Wildman–Crippen LogP) is 3.31. The number of benzene rings is 1. The van der Waals surface area contributed by atoms with Crippen LogP contribution in [0, 0.1) is 0 Å². The van der Waals surface area contributed by atoms with Crippen molar-refractivity contribution in [2.24, 2.45) is 0 Å². The number of rotatable bonds is 7. The molecule has 1 aliphatic heterocycles. The minimum absolute atomic E-state index is 0.0326. The summed E-state index contributed by atoms with van der Waals surface area (Å²) in [5.41, 5.74) is 2.95. The lowest BCUT2D eigenvalue weighted by atomic mass is 10.0. The van der Waals surface area contributed by atoms with E-state index in [1.165, 1.54) is 0 Å². The molecule has 7 heteroatoms. The fraction of sp³-hybridized carbons (Fsp3) is 0.391. The number of ether oxygens (including phenoxy) is 1. The quantitative estimate of drug-likeness (QED) is 0.628. The second kappa shape index (κ2) is 9.60. The van der Waals surface area contributed by atoms with Crippen LogP contribution in [0.1, 0.15) is 18.4 Å². The van der Waals surface area contributed by atoms with Gasteiger partial charge in [-0.05, 0) is 61.8 Å². The van der Waals surface area contributed by atoms with Gasteiger partial charge in [-0.2, -0.15) is 0 Å². The average molecular weight is 427 g/mol. The Kier molecular flexibility index (Phi) is 6.67. The molecule has 3 aromatic rings. The Morgan fingerprint density at radius 1 is 1.17 bits per heavy atom. The SMILES string of the molecule is COc1ccc(CNC2CCN(CCn3c(=O)ccc4ncccc43)CC2)cc1Cl. The van der Waals surface area contributed by atoms with Crippen LogP contribution in [0.4, 0.5) is 0 Å². The van der Waals surface area contributed by atoms with E-state index in [1.54, 1.807) is 25.4 Å². The number of hydrogen-bond donors (Lipinski definition) is 1. The number of piperidine rings is 1. The van der Waals surface area contributed by atoms with Gasteiger partial charge in [0.25, 0.3) is 5.56 Å². The first-order chi connectivity index (χ1) is 14.6. The average Bonchev–Trinajstić information content (AvgIpc) is 2.78. The Morgan fingerprint density at radius 3 is 2.77 bits per heavy atom. The number of halogens is 1. The molecule has 4 rings (SSSR count). The molecule has 30 heavy (non-hydrogen) atoms. The van der Waals surface area contributed by atoms with Gasteiger partial charge in [0.2, 0.25) is 0 Å². The van der Waals surface area contributed by atoms with Crippen LogP contribution in [0.5, 0.6) is 5.75 Å². The molecular weight excluding hydrogens is 400 g/mol. The Morgan fingerprint density at radius 2 is 2.00 bits per heavy atom. The van der Waals surface area contributed by atoms with Crippen LogP contribution in [0.2, 0.25) is 5.02 Å². The zero-order valence-electron chi connectivity index (χ0n) is 17.2. The first-order valence-corrected chi connectivity index (χ1v) is 10.7. The Labute approximate surface area is 181 Å². The molecule has 3 heterocycles. The molecule has 158 valence electrons. The highest BCUT2D eigenvalue weighted by atomic mass is 35.5. The molecule has 0 bridgehead atoms. The van der Waals surface area contributed by atoms with Crippen molar-refractivity contribution in [1.82, 2.24) is 19.8 Å². The number of pyridine rings is 2. The molecule has 1 saturated heterocycles. The summed E-state index contributed by atoms with van der Waals surface area (Å²) in [6.07, 6.45) is 3.95. The van der Waals surface area contributed by atoms with Crippen molar-refractivity contribution < 1.29 is 4.74 Å². The third kappa shape index (κ3) is 4.83. The molecule has 0 unspecified atom stereocenters. The van der Waals surface area contributed by atoms with E-state index in [1.807, 2.05) is 34.9 Å². The molecule has 0 amide bonds. The minimum atomic E-state index is 0.0326. The van der Waals surface area contributed by atoms with Crippen LogP contribution in [0.15, 0.2) is 53.5 Å². The number of nitrogens with zero attached hydrogens (tertiary/aromatic N) is 3. The van der Waals surface area contributed by atoms with Crippen LogP contribution in [0.3, 0.4) is 0 Å². The van der Waals surface area contributed by atoms with Crippen molar-refractivity contribution in [3.05, 3.63) is 69.6 Å². The summed E-state index contributed by atoms with van der Waals surface area (Å²) in [5.74, 6) is 0.704. The van der Waals surface area contributed by atoms with Crippen molar-refractivity contribution >= 4 is 22.6 Å². The Balaban J connectivity index is 1.27. The van der Waals surface area contributed by atoms with E-state index >= 15 is 0 Å². The van der Waals surface area contributed by atoms with Crippen molar-refractivity contribution in [2.45, 2.75) is 32.0 Å². The number of aromatic nitrogens is 2. The predicted molar refractivity (Wildman–Crippen MR) is 120 cm³/mol. The van der Waals surface area contributed by atoms with Crippen molar-refractivity contribution in [3.8, 4) is 5.75 Å². The standard InChI is InChI=1S/C23H27ClN4O2/c1-30-22-6-4-17(15-19(22)24)16-26-18-8-11-27(12-9-18)13-14-28-21-3-2-10-25-20(21)5-7-23(28)29/h2-7,10,15,18,26H,8-9,11-14,16H2,1H3. The van der Waals surface area contributed by atoms with Crippen LogP contribution in [-0.2, 0) is 13.1 Å². The highest BCUT2D eigenvalue weighted by Gasteiger charge is 2.19. The maximum atomic E-state index is 12.3. The van der Waals surface area contributed by atoms with Gasteiger partial charge < -0.3 is 19.5 Å². The molecule has 0 saturated carbocycles. The lowest BCUT2D eigenvalue weighted by molar-refractivity contribution is 0.191. The van der Waals surface area contributed by atoms with E-state index in [0.29, 0.717) is 23.4 Å². The van der Waals surface area contributed by atoms with Gasteiger partial charge in [0.15, 0.2) is 0 Å². The Bertz CT molecular complexity index is 1060. The van der Waals surface area contributed by atoms with Gasteiger partial charge in [0, 0.05) is 37.9 Å². The summed E-state index contributed by atoms with van der Waals surface area (Å²) in [7, 11) is 1.63. The fourth-order valence-corrected chi connectivity index (χ4v) is 4.32. The van der Waals surface area contributed by atoms with Crippen molar-refractivity contribution in [3.63, 3.8) is 0 Å². The maximum Gasteiger partial charge on any atom is 0.251 e. The summed E-state index contributed by atoms with van der Waals surface area (Å²) >= 11 is 6.22. The summed E-state index contributed by atoms with van der Waals surface area (Å²) < 4.78 is 7.04. The summed E-state index contributed by atoms with van der Waals surface area (Å²) in [4.78, 5) is 19.1. The van der Waals surface area contributed by atoms with E-state index in [2.05, 4.69) is 15.2 Å². The fourth-order valence-electron chi connectivity index (χ4n) is 4.04. The normalized spacial score (nSPS) is 15.5. The van der Waals surface area contributed by atoms with E-state index in [0.717, 1.165) is 55.6 Å². The molecular formula is C23H27ClN4O2. The van der Waals surface area contributed by atoms with E-state index in [4.69, 9.17) is 16.3 Å². The number of likely N-dealkylation sites (tertiary alicyclic amines) is 1. The van der Waals surface area contributed by atoms with Crippen LogP contribution < -0.4 is 15.6 Å². The maximum absolute atomic E-state index is 12.3. The molecule has 0 radical (unpaired) electrons. The summed E-state index contributed by atoms with van der Waals surface area (Å²) in [5, 5.41) is 4.28. The number of hydrogen-bond acceptors (Lipinski definition) is 5. The second-order valence-corrected chi connectivity index (χ2v) is 8.10. The van der Waals surface area contributed by atoms with Crippen LogP contribution in [-0.4, -0.2) is 47.2 Å². The molecule has 0 aliphatic carbocycles. The highest BCUT2D eigenvalue weighted by molar-refractivity contribution is 6.32. The number of fused-ring (bicyclic) bond motifs is 1. The van der Waals surface area contributed by atoms with Gasteiger partial charge in [-0.3, -0.25) is 9.78 Å². The van der Waals surface area contributed by atoms with Gasteiger partial charge in [0.05, 0.1) is 23.2 Å². The summed E-state index contributed by atoms with van der Waals surface area (Å²) in [6, 6.07) is 13.6. The van der Waals surface area contributed by atoms with Crippen molar-refractivity contribution in [2.75, 3.05) is 26.7 Å². The van der Waals surface area contributed by atoms with Crippen LogP contribution in [0.25, 0.3) is 11.0 Å². The van der Waals surface area contributed by atoms with Crippen LogP contribution >= 0.6 is 11.6 Å². The van der Waals surface area contributed by atoms with Gasteiger partial charge in [-0.25, -0.2) is 0 Å². The molecule has 1 aromatic carbocycles. The molecule has 2 aromatic heterocycles. The number of nitrogens with one attached hydrogen (secondary N) is 1. The Hall–Kier alpha value is -2.41. The lowest BCUT2D eigenvalue weighted by Gasteiger charge is -2.32. The monoisotopic (exact) mass is 426 g/mol. The topological polar surface area (TPSA) is 59.4 Å². The van der Waals surface area contributed by atoms with Crippen molar-refractivity contribution in [1.29, 1.82) is 0 Å². The van der Waals surface area contributed by atoms with Gasteiger partial charge in [-0.1, -0.05) is 17.7 Å². The molecule has 0 atom stereocenters. The third-order valence-corrected chi connectivity index (χ3v) is 6.09. The number of methoxy groups -OCH3 is 1. The third-order valence-electron chi connectivity index (χ3n) is 5.80. The van der Waals surface area contributed by atoms with Gasteiger partial charge in [0.1, 0.15) is 5.75 Å². The zero-order chi connectivity index (χ0) is 20.9. The summed E-state index contributed by atoms with van der Waals surface area (Å²) in [6.45, 7) is 4.41. The molecule has 0 spiro atoms. The highest BCUT2D eigenvalue weighted by Crippen LogP contribution is 2.25. The smallest absolute Gasteiger partial charge is 0.251 e. The zero-order valence-corrected chi connectivity index (χ0v) is 17.9. The van der Waals surface area contributed by atoms with E-state index in [9.17, 15) is 4.79 Å². The molecule has 6 nitrogen and oxygen atoms in total.